The van der Waals surface area contributed by atoms with E-state index in [2.05, 4.69) is 23.4 Å². The molecule has 0 aliphatic carbocycles. The number of carbonyl (C=O) groups excluding carboxylic acids is 1. The molecule has 1 aliphatic rings. The van der Waals surface area contributed by atoms with E-state index in [4.69, 9.17) is 9.72 Å². The molecule has 0 atom stereocenters. The predicted molar refractivity (Wildman–Crippen MR) is 100 cm³/mol. The van der Waals surface area contributed by atoms with Gasteiger partial charge in [0.2, 0.25) is 0 Å². The number of amides is 1. The monoisotopic (exact) mass is 350 g/mol. The molecular formula is C20H22N4O2. The SMILES string of the molecule is CC(C)n1c(-c2cccc(C(=O)N3CCOCC3)c2)nc2cccnc21. The van der Waals surface area contributed by atoms with Crippen molar-refractivity contribution in [3.05, 3.63) is 48.2 Å². The second kappa shape index (κ2) is 6.88. The van der Waals surface area contributed by atoms with Gasteiger partial charge in [0.25, 0.3) is 5.91 Å². The maximum atomic E-state index is 12.8. The first-order valence-electron chi connectivity index (χ1n) is 8.95. The lowest BCUT2D eigenvalue weighted by atomic mass is 10.1. The fraction of sp³-hybridized carbons (Fsp3) is 0.350. The van der Waals surface area contributed by atoms with Gasteiger partial charge < -0.3 is 14.2 Å². The lowest BCUT2D eigenvalue weighted by molar-refractivity contribution is 0.0303. The van der Waals surface area contributed by atoms with Crippen LogP contribution in [0.25, 0.3) is 22.6 Å². The van der Waals surface area contributed by atoms with Crippen molar-refractivity contribution in [3.8, 4) is 11.4 Å². The van der Waals surface area contributed by atoms with E-state index in [1.54, 1.807) is 6.20 Å². The minimum Gasteiger partial charge on any atom is -0.378 e. The third kappa shape index (κ3) is 2.97. The van der Waals surface area contributed by atoms with Gasteiger partial charge in [-0.25, -0.2) is 9.97 Å². The Morgan fingerprint density at radius 3 is 2.73 bits per heavy atom. The van der Waals surface area contributed by atoms with Crippen LogP contribution in [0.1, 0.15) is 30.2 Å². The number of imidazole rings is 1. The molecule has 3 aromatic rings. The maximum absolute atomic E-state index is 12.8. The first kappa shape index (κ1) is 16.7. The summed E-state index contributed by atoms with van der Waals surface area (Å²) in [5.41, 5.74) is 3.33. The van der Waals surface area contributed by atoms with E-state index in [1.165, 1.54) is 0 Å². The lowest BCUT2D eigenvalue weighted by Crippen LogP contribution is -2.40. The van der Waals surface area contributed by atoms with Crippen LogP contribution in [0.4, 0.5) is 0 Å². The third-order valence-corrected chi connectivity index (χ3v) is 4.63. The molecule has 134 valence electrons. The van der Waals surface area contributed by atoms with Gasteiger partial charge >= 0.3 is 0 Å². The van der Waals surface area contributed by atoms with E-state index >= 15 is 0 Å². The topological polar surface area (TPSA) is 60.2 Å². The fourth-order valence-corrected chi connectivity index (χ4v) is 3.36. The van der Waals surface area contributed by atoms with Gasteiger partial charge in [0.15, 0.2) is 5.65 Å². The number of aromatic nitrogens is 3. The number of rotatable bonds is 3. The van der Waals surface area contributed by atoms with Gasteiger partial charge in [0, 0.05) is 36.5 Å². The van der Waals surface area contributed by atoms with Crippen molar-refractivity contribution in [2.75, 3.05) is 26.3 Å². The molecule has 1 fully saturated rings. The van der Waals surface area contributed by atoms with Gasteiger partial charge in [0.1, 0.15) is 11.3 Å². The number of ether oxygens (including phenoxy) is 1. The second-order valence-corrected chi connectivity index (χ2v) is 6.73. The van der Waals surface area contributed by atoms with E-state index in [-0.39, 0.29) is 11.9 Å². The first-order valence-corrected chi connectivity index (χ1v) is 8.95. The first-order chi connectivity index (χ1) is 12.6. The predicted octanol–water partition coefficient (Wildman–Crippen LogP) is 3.15. The molecule has 1 saturated heterocycles. The van der Waals surface area contributed by atoms with Gasteiger partial charge in [-0.1, -0.05) is 12.1 Å². The molecular weight excluding hydrogens is 328 g/mol. The number of pyridine rings is 1. The minimum atomic E-state index is 0.0421. The number of nitrogens with zero attached hydrogens (tertiary/aromatic N) is 4. The quantitative estimate of drug-likeness (QED) is 0.728. The molecule has 0 unspecified atom stereocenters. The average molecular weight is 350 g/mol. The zero-order valence-electron chi connectivity index (χ0n) is 15.1. The number of fused-ring (bicyclic) bond motifs is 1. The lowest BCUT2D eigenvalue weighted by Gasteiger charge is -2.27. The second-order valence-electron chi connectivity index (χ2n) is 6.73. The van der Waals surface area contributed by atoms with Gasteiger partial charge in [-0.05, 0) is 38.1 Å². The van der Waals surface area contributed by atoms with E-state index in [9.17, 15) is 4.79 Å². The Labute approximate surface area is 152 Å². The Balaban J connectivity index is 1.76. The minimum absolute atomic E-state index is 0.0421. The summed E-state index contributed by atoms with van der Waals surface area (Å²) in [7, 11) is 0. The zero-order chi connectivity index (χ0) is 18.1. The molecule has 1 aromatic carbocycles. The van der Waals surface area contributed by atoms with Crippen LogP contribution in [0.2, 0.25) is 0 Å². The van der Waals surface area contributed by atoms with E-state index in [0.29, 0.717) is 31.9 Å². The van der Waals surface area contributed by atoms with Crippen LogP contribution in [-0.4, -0.2) is 51.6 Å². The van der Waals surface area contributed by atoms with Crippen LogP contribution in [0.3, 0.4) is 0 Å². The Hall–Kier alpha value is -2.73. The fourth-order valence-electron chi connectivity index (χ4n) is 3.36. The van der Waals surface area contributed by atoms with Crippen molar-refractivity contribution in [1.82, 2.24) is 19.4 Å². The standard InChI is InChI=1S/C20H22N4O2/c1-14(2)24-18(22-17-7-4-8-21-19(17)24)15-5-3-6-16(13-15)20(25)23-9-11-26-12-10-23/h3-8,13-14H,9-12H2,1-2H3. The largest absolute Gasteiger partial charge is 0.378 e. The molecule has 1 amide bonds. The normalized spacial score (nSPS) is 15.0. The summed E-state index contributed by atoms with van der Waals surface area (Å²) >= 11 is 0. The van der Waals surface area contributed by atoms with E-state index < -0.39 is 0 Å². The number of carbonyl (C=O) groups is 1. The molecule has 4 rings (SSSR count). The number of hydrogen-bond acceptors (Lipinski definition) is 4. The third-order valence-electron chi connectivity index (χ3n) is 4.63. The molecule has 6 nitrogen and oxygen atoms in total. The van der Waals surface area contributed by atoms with Crippen LogP contribution in [-0.2, 0) is 4.74 Å². The van der Waals surface area contributed by atoms with Crippen LogP contribution in [0, 0.1) is 0 Å². The highest BCUT2D eigenvalue weighted by atomic mass is 16.5. The van der Waals surface area contributed by atoms with Crippen molar-refractivity contribution in [1.29, 1.82) is 0 Å². The summed E-state index contributed by atoms with van der Waals surface area (Å²) in [5, 5.41) is 0. The number of hydrogen-bond donors (Lipinski definition) is 0. The van der Waals surface area contributed by atoms with Crippen molar-refractivity contribution in [3.63, 3.8) is 0 Å². The molecule has 3 heterocycles. The Morgan fingerprint density at radius 2 is 1.96 bits per heavy atom. The summed E-state index contributed by atoms with van der Waals surface area (Å²) < 4.78 is 7.46. The molecule has 2 aromatic heterocycles. The smallest absolute Gasteiger partial charge is 0.254 e. The number of morpholine rings is 1. The molecule has 6 heteroatoms. The Kier molecular flexibility index (Phi) is 4.42. The average Bonchev–Trinajstić information content (AvgIpc) is 3.08. The van der Waals surface area contributed by atoms with E-state index in [0.717, 1.165) is 22.6 Å². The van der Waals surface area contributed by atoms with Crippen molar-refractivity contribution in [2.24, 2.45) is 0 Å². The summed E-state index contributed by atoms with van der Waals surface area (Å²) in [4.78, 5) is 23.9. The molecule has 0 saturated carbocycles. The van der Waals surface area contributed by atoms with E-state index in [1.807, 2.05) is 41.3 Å². The van der Waals surface area contributed by atoms with Crippen LogP contribution < -0.4 is 0 Å². The summed E-state index contributed by atoms with van der Waals surface area (Å²) in [6, 6.07) is 11.8. The molecule has 1 aliphatic heterocycles. The van der Waals surface area contributed by atoms with Gasteiger partial charge in [-0.2, -0.15) is 0 Å². The summed E-state index contributed by atoms with van der Waals surface area (Å²) in [5.74, 6) is 0.880. The van der Waals surface area contributed by atoms with Crippen LogP contribution in [0.15, 0.2) is 42.6 Å². The highest BCUT2D eigenvalue weighted by Gasteiger charge is 2.20. The summed E-state index contributed by atoms with van der Waals surface area (Å²) in [6.07, 6.45) is 1.78. The van der Waals surface area contributed by atoms with Gasteiger partial charge in [-0.15, -0.1) is 0 Å². The molecule has 26 heavy (non-hydrogen) atoms. The molecule has 0 N–H and O–H groups in total. The highest BCUT2D eigenvalue weighted by molar-refractivity contribution is 5.95. The summed E-state index contributed by atoms with van der Waals surface area (Å²) in [6.45, 7) is 6.69. The van der Waals surface area contributed by atoms with Gasteiger partial charge in [0.05, 0.1) is 13.2 Å². The Morgan fingerprint density at radius 1 is 1.15 bits per heavy atom. The van der Waals surface area contributed by atoms with Crippen LogP contribution in [0.5, 0.6) is 0 Å². The number of benzene rings is 1. The Bertz CT molecular complexity index is 942. The maximum Gasteiger partial charge on any atom is 0.254 e. The highest BCUT2D eigenvalue weighted by Crippen LogP contribution is 2.28. The van der Waals surface area contributed by atoms with Crippen molar-refractivity contribution < 1.29 is 9.53 Å². The molecule has 0 bridgehead atoms. The zero-order valence-corrected chi connectivity index (χ0v) is 15.1. The van der Waals surface area contributed by atoms with Gasteiger partial charge in [-0.3, -0.25) is 4.79 Å². The molecule has 0 spiro atoms. The molecule has 0 radical (unpaired) electrons. The van der Waals surface area contributed by atoms with Crippen molar-refractivity contribution in [2.45, 2.75) is 19.9 Å². The van der Waals surface area contributed by atoms with Crippen LogP contribution >= 0.6 is 0 Å². The van der Waals surface area contributed by atoms with Crippen molar-refractivity contribution >= 4 is 17.1 Å².